The highest BCUT2D eigenvalue weighted by Crippen LogP contribution is 2.31. The molecule has 5 rings (SSSR count). The van der Waals surface area contributed by atoms with Crippen LogP contribution in [0.4, 0.5) is 13.2 Å². The molecule has 37 heavy (non-hydrogen) atoms. The van der Waals surface area contributed by atoms with Gasteiger partial charge in [0.05, 0.1) is 44.8 Å². The zero-order valence-electron chi connectivity index (χ0n) is 18.7. The van der Waals surface area contributed by atoms with E-state index >= 15 is 0 Å². The molecule has 0 unspecified atom stereocenters. The van der Waals surface area contributed by atoms with Gasteiger partial charge in [0.25, 0.3) is 11.7 Å². The largest absolute Gasteiger partial charge is 0.455 e. The highest BCUT2D eigenvalue weighted by molar-refractivity contribution is 6.32. The first-order valence-electron chi connectivity index (χ1n) is 10.5. The van der Waals surface area contributed by atoms with Crippen LogP contribution in [0.2, 0.25) is 5.02 Å². The normalized spacial score (nSPS) is 11.6. The molecular weight excluding hydrogens is 513 g/mol. The molecule has 0 aliphatic carbocycles. The molecule has 0 aliphatic heterocycles. The lowest BCUT2D eigenvalue weighted by Crippen LogP contribution is -2.18. The maximum atomic E-state index is 12.9. The predicted molar refractivity (Wildman–Crippen MR) is 124 cm³/mol. The van der Waals surface area contributed by atoms with Gasteiger partial charge in [0.15, 0.2) is 5.82 Å². The SMILES string of the molecule is CNC(=O)c1cc(C#N)cc2cc(-c3cc(Cn4nnc(C(F)(F)F)n4)nn3-c3ncccc3Cl)[nH]c12. The van der Waals surface area contributed by atoms with Crippen LogP contribution in [0.3, 0.4) is 0 Å². The molecule has 5 aromatic rings. The van der Waals surface area contributed by atoms with E-state index in [1.165, 1.54) is 24.0 Å². The number of pyridine rings is 1. The van der Waals surface area contributed by atoms with Gasteiger partial charge in [-0.2, -0.15) is 28.3 Å². The van der Waals surface area contributed by atoms with Crippen molar-refractivity contribution in [2.24, 2.45) is 0 Å². The summed E-state index contributed by atoms with van der Waals surface area (Å²) in [4.78, 5) is 20.7. The first-order valence-corrected chi connectivity index (χ1v) is 10.9. The lowest BCUT2D eigenvalue weighted by atomic mass is 10.1. The summed E-state index contributed by atoms with van der Waals surface area (Å²) >= 11 is 6.36. The Morgan fingerprint density at radius 3 is 2.73 bits per heavy atom. The number of amides is 1. The Kier molecular flexibility index (Phi) is 5.84. The van der Waals surface area contributed by atoms with Crippen molar-refractivity contribution < 1.29 is 18.0 Å². The Labute approximate surface area is 210 Å². The van der Waals surface area contributed by atoms with Crippen LogP contribution in [0, 0.1) is 11.3 Å². The second kappa shape index (κ2) is 9.03. The Morgan fingerprint density at radius 2 is 2.05 bits per heavy atom. The van der Waals surface area contributed by atoms with E-state index in [2.05, 4.69) is 35.8 Å². The van der Waals surface area contributed by atoms with Gasteiger partial charge in [-0.15, -0.1) is 10.2 Å². The average molecular weight is 527 g/mol. The first-order chi connectivity index (χ1) is 17.7. The van der Waals surface area contributed by atoms with Gasteiger partial charge in [0, 0.05) is 18.6 Å². The number of aromatic nitrogens is 8. The Balaban J connectivity index is 1.65. The van der Waals surface area contributed by atoms with E-state index in [9.17, 15) is 23.2 Å². The van der Waals surface area contributed by atoms with Crippen LogP contribution in [0.5, 0.6) is 0 Å². The van der Waals surface area contributed by atoms with Gasteiger partial charge in [-0.1, -0.05) is 11.6 Å². The number of aromatic amines is 1. The molecule has 0 saturated heterocycles. The Hall–Kier alpha value is -4.77. The van der Waals surface area contributed by atoms with Crippen molar-refractivity contribution in [2.75, 3.05) is 7.05 Å². The average Bonchev–Trinajstić information content (AvgIpc) is 3.61. The van der Waals surface area contributed by atoms with Crippen LogP contribution in [0.15, 0.2) is 42.6 Å². The van der Waals surface area contributed by atoms with Crippen molar-refractivity contribution in [1.82, 2.24) is 45.3 Å². The van der Waals surface area contributed by atoms with Crippen LogP contribution in [-0.2, 0) is 12.7 Å². The predicted octanol–water partition coefficient (Wildman–Crippen LogP) is 3.35. The number of tetrazole rings is 1. The zero-order valence-corrected chi connectivity index (χ0v) is 19.5. The van der Waals surface area contributed by atoms with Crippen LogP contribution in [0.25, 0.3) is 28.1 Å². The molecule has 0 fully saturated rings. The van der Waals surface area contributed by atoms with Crippen LogP contribution >= 0.6 is 11.6 Å². The number of nitrogens with one attached hydrogen (secondary N) is 2. The van der Waals surface area contributed by atoms with Crippen LogP contribution in [0.1, 0.15) is 27.4 Å². The lowest BCUT2D eigenvalue weighted by Gasteiger charge is -2.07. The van der Waals surface area contributed by atoms with E-state index < -0.39 is 17.9 Å². The zero-order chi connectivity index (χ0) is 26.3. The van der Waals surface area contributed by atoms with Crippen molar-refractivity contribution >= 4 is 28.4 Å². The molecule has 0 atom stereocenters. The van der Waals surface area contributed by atoms with E-state index in [1.807, 2.05) is 6.07 Å². The summed E-state index contributed by atoms with van der Waals surface area (Å²) < 4.78 is 40.1. The van der Waals surface area contributed by atoms with E-state index in [-0.39, 0.29) is 34.2 Å². The second-order valence-corrected chi connectivity index (χ2v) is 8.15. The Morgan fingerprint density at radius 1 is 1.24 bits per heavy atom. The van der Waals surface area contributed by atoms with Gasteiger partial charge in [-0.25, -0.2) is 9.67 Å². The van der Waals surface area contributed by atoms with Gasteiger partial charge in [-0.05, 0) is 41.6 Å². The third-order valence-corrected chi connectivity index (χ3v) is 5.61. The maximum Gasteiger partial charge on any atom is 0.455 e. The molecule has 1 aromatic carbocycles. The highest BCUT2D eigenvalue weighted by atomic mass is 35.5. The van der Waals surface area contributed by atoms with E-state index in [0.29, 0.717) is 22.3 Å². The number of benzene rings is 1. The molecule has 4 aromatic heterocycles. The summed E-state index contributed by atoms with van der Waals surface area (Å²) in [5, 5.41) is 27.1. The monoisotopic (exact) mass is 526 g/mol. The van der Waals surface area contributed by atoms with Gasteiger partial charge in [0.2, 0.25) is 0 Å². The molecule has 0 aliphatic rings. The number of halogens is 4. The Bertz CT molecular complexity index is 1700. The number of alkyl halides is 3. The van der Waals surface area contributed by atoms with Gasteiger partial charge in [-0.3, -0.25) is 4.79 Å². The van der Waals surface area contributed by atoms with Gasteiger partial charge < -0.3 is 10.3 Å². The van der Waals surface area contributed by atoms with Crippen molar-refractivity contribution in [3.63, 3.8) is 0 Å². The molecule has 186 valence electrons. The number of hydrogen-bond acceptors (Lipinski definition) is 7. The summed E-state index contributed by atoms with van der Waals surface area (Å²) in [7, 11) is 1.48. The molecule has 15 heteroatoms. The molecule has 2 N–H and O–H groups in total. The van der Waals surface area contributed by atoms with Crippen molar-refractivity contribution in [1.29, 1.82) is 5.26 Å². The lowest BCUT2D eigenvalue weighted by molar-refractivity contribution is -0.145. The van der Waals surface area contributed by atoms with Crippen molar-refractivity contribution in [3.05, 3.63) is 70.3 Å². The molecular formula is C22H14ClF3N10O. The number of nitrogens with zero attached hydrogens (tertiary/aromatic N) is 8. The fraction of sp³-hybridized carbons (Fsp3) is 0.136. The summed E-state index contributed by atoms with van der Waals surface area (Å²) in [6.45, 7) is -0.226. The van der Waals surface area contributed by atoms with Crippen molar-refractivity contribution in [3.8, 4) is 23.3 Å². The smallest absolute Gasteiger partial charge is 0.355 e. The minimum absolute atomic E-state index is 0.226. The molecule has 4 heterocycles. The second-order valence-electron chi connectivity index (χ2n) is 7.74. The van der Waals surface area contributed by atoms with E-state index in [4.69, 9.17) is 11.6 Å². The summed E-state index contributed by atoms with van der Waals surface area (Å²) in [6.07, 6.45) is -3.23. The number of rotatable bonds is 5. The quantitative estimate of drug-likeness (QED) is 0.357. The molecule has 0 radical (unpaired) electrons. The highest BCUT2D eigenvalue weighted by Gasteiger charge is 2.36. The number of carbonyl (C=O) groups excluding carboxylic acids is 1. The molecule has 0 bridgehead atoms. The standard InChI is InChI=1S/C22H14ClF3N10O/c1-28-20(37)14-6-11(9-27)5-12-7-16(30-18(12)14)17-8-13(10-35-33-21(31-34-35)22(24,25)26)32-36(17)19-15(23)3-2-4-29-19/h2-8,30H,10H2,1H3,(H,28,37). The number of nitriles is 1. The van der Waals surface area contributed by atoms with E-state index in [1.54, 1.807) is 30.3 Å². The van der Waals surface area contributed by atoms with Crippen molar-refractivity contribution in [2.45, 2.75) is 12.7 Å². The fourth-order valence-corrected chi connectivity index (χ4v) is 3.92. The topological polar surface area (TPSA) is 143 Å². The summed E-state index contributed by atoms with van der Waals surface area (Å²) in [5.41, 5.74) is 2.23. The molecule has 1 amide bonds. The summed E-state index contributed by atoms with van der Waals surface area (Å²) in [5.74, 6) is -1.50. The molecule has 0 spiro atoms. The van der Waals surface area contributed by atoms with Crippen LogP contribution < -0.4 is 5.32 Å². The third kappa shape index (κ3) is 4.47. The number of fused-ring (bicyclic) bond motifs is 1. The van der Waals surface area contributed by atoms with Crippen LogP contribution in [-0.4, -0.2) is 52.9 Å². The maximum absolute atomic E-state index is 12.9. The fourth-order valence-electron chi connectivity index (χ4n) is 3.72. The number of H-pyrrole nitrogens is 1. The number of hydrogen-bond donors (Lipinski definition) is 2. The van der Waals surface area contributed by atoms with E-state index in [0.717, 1.165) is 4.80 Å². The summed E-state index contributed by atoms with van der Waals surface area (Å²) in [6, 6.07) is 11.7. The van der Waals surface area contributed by atoms with Gasteiger partial charge >= 0.3 is 6.18 Å². The molecule has 0 saturated carbocycles. The third-order valence-electron chi connectivity index (χ3n) is 5.31. The number of carbonyl (C=O) groups is 1. The molecule has 11 nitrogen and oxygen atoms in total. The minimum Gasteiger partial charge on any atom is -0.355 e. The van der Waals surface area contributed by atoms with Gasteiger partial charge in [0.1, 0.15) is 6.54 Å². The first kappa shape index (κ1) is 23.9. The minimum atomic E-state index is -4.74.